The van der Waals surface area contributed by atoms with E-state index in [-0.39, 0.29) is 0 Å². The summed E-state index contributed by atoms with van der Waals surface area (Å²) in [6.07, 6.45) is 6.34. The Morgan fingerprint density at radius 3 is 2.74 bits per heavy atom. The van der Waals surface area contributed by atoms with Gasteiger partial charge in [-0.25, -0.2) is 0 Å². The van der Waals surface area contributed by atoms with Crippen LogP contribution < -0.4 is 11.1 Å². The highest BCUT2D eigenvalue weighted by Gasteiger charge is 2.09. The molecule has 2 rings (SSSR count). The van der Waals surface area contributed by atoms with Crippen molar-refractivity contribution < 1.29 is 0 Å². The van der Waals surface area contributed by atoms with Gasteiger partial charge in [-0.2, -0.15) is 0 Å². The predicted octanol–water partition coefficient (Wildman–Crippen LogP) is 3.12. The quantitative estimate of drug-likeness (QED) is 0.773. The second-order valence-corrected chi connectivity index (χ2v) is 5.49. The van der Waals surface area contributed by atoms with Crippen LogP contribution in [0.1, 0.15) is 38.2 Å². The van der Waals surface area contributed by atoms with Crippen molar-refractivity contribution in [2.45, 2.75) is 39.0 Å². The van der Waals surface area contributed by atoms with Crippen molar-refractivity contribution in [3.63, 3.8) is 0 Å². The third-order valence-electron chi connectivity index (χ3n) is 3.87. The standard InChI is InChI=1S/C16H27N3/c1-2-6-14-13-15(7-8-16(14)17)18-9-12-19-10-4-3-5-11-19/h7-8,13,18H,2-6,9-12,17H2,1H3. The fourth-order valence-electron chi connectivity index (χ4n) is 2.74. The van der Waals surface area contributed by atoms with Crippen molar-refractivity contribution in [3.8, 4) is 0 Å². The largest absolute Gasteiger partial charge is 0.399 e. The van der Waals surface area contributed by atoms with Crippen LogP contribution in [-0.2, 0) is 6.42 Å². The molecule has 1 fully saturated rings. The number of hydrogen-bond acceptors (Lipinski definition) is 3. The molecule has 3 nitrogen and oxygen atoms in total. The molecule has 0 aromatic heterocycles. The molecule has 0 spiro atoms. The molecular formula is C16H27N3. The molecule has 0 amide bonds. The molecule has 1 aromatic rings. The van der Waals surface area contributed by atoms with E-state index in [1.54, 1.807) is 0 Å². The first-order valence-electron chi connectivity index (χ1n) is 7.64. The summed E-state index contributed by atoms with van der Waals surface area (Å²) in [4.78, 5) is 2.56. The number of benzene rings is 1. The van der Waals surface area contributed by atoms with Gasteiger partial charge in [-0.3, -0.25) is 0 Å². The first-order valence-corrected chi connectivity index (χ1v) is 7.64. The van der Waals surface area contributed by atoms with Gasteiger partial charge in [-0.05, 0) is 56.1 Å². The van der Waals surface area contributed by atoms with Crippen LogP contribution in [0.2, 0.25) is 0 Å². The Kier molecular flexibility index (Phi) is 5.52. The summed E-state index contributed by atoms with van der Waals surface area (Å²) in [5.74, 6) is 0. The number of hydrogen-bond donors (Lipinski definition) is 2. The molecule has 0 aliphatic carbocycles. The second-order valence-electron chi connectivity index (χ2n) is 5.49. The Labute approximate surface area is 117 Å². The van der Waals surface area contributed by atoms with Gasteiger partial charge in [0.05, 0.1) is 0 Å². The van der Waals surface area contributed by atoms with E-state index in [2.05, 4.69) is 29.3 Å². The van der Waals surface area contributed by atoms with Crippen LogP contribution in [0.3, 0.4) is 0 Å². The van der Waals surface area contributed by atoms with Gasteiger partial charge < -0.3 is 16.0 Å². The summed E-state index contributed by atoms with van der Waals surface area (Å²) in [7, 11) is 0. The van der Waals surface area contributed by atoms with Crippen molar-refractivity contribution >= 4 is 11.4 Å². The zero-order chi connectivity index (χ0) is 13.5. The van der Waals surface area contributed by atoms with Gasteiger partial charge in [0.1, 0.15) is 0 Å². The number of nitrogens with two attached hydrogens (primary N) is 1. The van der Waals surface area contributed by atoms with Gasteiger partial charge in [-0.15, -0.1) is 0 Å². The maximum Gasteiger partial charge on any atom is 0.0348 e. The number of piperidine rings is 1. The molecule has 106 valence electrons. The number of likely N-dealkylation sites (tertiary alicyclic amines) is 1. The molecule has 0 bridgehead atoms. The molecule has 0 radical (unpaired) electrons. The first-order chi connectivity index (χ1) is 9.29. The van der Waals surface area contributed by atoms with Gasteiger partial charge in [-0.1, -0.05) is 19.8 Å². The topological polar surface area (TPSA) is 41.3 Å². The highest BCUT2D eigenvalue weighted by molar-refractivity contribution is 5.57. The smallest absolute Gasteiger partial charge is 0.0348 e. The Hall–Kier alpha value is -1.22. The Balaban J connectivity index is 1.80. The molecule has 3 heteroatoms. The minimum atomic E-state index is 0.920. The minimum Gasteiger partial charge on any atom is -0.399 e. The maximum absolute atomic E-state index is 5.99. The summed E-state index contributed by atoms with van der Waals surface area (Å²) in [5, 5.41) is 3.52. The van der Waals surface area contributed by atoms with Crippen LogP contribution in [-0.4, -0.2) is 31.1 Å². The molecule has 0 atom stereocenters. The highest BCUT2D eigenvalue weighted by atomic mass is 15.1. The zero-order valence-electron chi connectivity index (χ0n) is 12.1. The van der Waals surface area contributed by atoms with Crippen LogP contribution in [0.5, 0.6) is 0 Å². The third kappa shape index (κ3) is 4.43. The number of nitrogens with one attached hydrogen (secondary N) is 1. The number of anilines is 2. The molecule has 0 unspecified atom stereocenters. The minimum absolute atomic E-state index is 0.920. The van der Waals surface area contributed by atoms with E-state index in [0.29, 0.717) is 0 Å². The van der Waals surface area contributed by atoms with Crippen LogP contribution in [0.25, 0.3) is 0 Å². The number of nitrogens with zero attached hydrogens (tertiary/aromatic N) is 1. The molecule has 1 heterocycles. The summed E-state index contributed by atoms with van der Waals surface area (Å²) >= 11 is 0. The van der Waals surface area contributed by atoms with E-state index in [0.717, 1.165) is 31.6 Å². The van der Waals surface area contributed by atoms with Crippen molar-refractivity contribution in [3.05, 3.63) is 23.8 Å². The average molecular weight is 261 g/mol. The molecule has 3 N–H and O–H groups in total. The fourth-order valence-corrected chi connectivity index (χ4v) is 2.74. The van der Waals surface area contributed by atoms with Gasteiger partial charge in [0.15, 0.2) is 0 Å². The lowest BCUT2D eigenvalue weighted by molar-refractivity contribution is 0.237. The number of nitrogen functional groups attached to an aromatic ring is 1. The second kappa shape index (κ2) is 7.39. The lowest BCUT2D eigenvalue weighted by Crippen LogP contribution is -2.33. The van der Waals surface area contributed by atoms with Crippen LogP contribution in [0.4, 0.5) is 11.4 Å². The van der Waals surface area contributed by atoms with Crippen molar-refractivity contribution in [1.29, 1.82) is 0 Å². The lowest BCUT2D eigenvalue weighted by atomic mass is 10.1. The number of aryl methyl sites for hydroxylation is 1. The van der Waals surface area contributed by atoms with Crippen LogP contribution in [0, 0.1) is 0 Å². The highest BCUT2D eigenvalue weighted by Crippen LogP contribution is 2.19. The monoisotopic (exact) mass is 261 g/mol. The van der Waals surface area contributed by atoms with E-state index in [4.69, 9.17) is 5.73 Å². The van der Waals surface area contributed by atoms with Gasteiger partial charge in [0.25, 0.3) is 0 Å². The average Bonchev–Trinajstić information content (AvgIpc) is 2.44. The lowest BCUT2D eigenvalue weighted by Gasteiger charge is -2.26. The SMILES string of the molecule is CCCc1cc(NCCN2CCCCC2)ccc1N. The van der Waals surface area contributed by atoms with E-state index in [1.807, 2.05) is 6.07 Å². The Morgan fingerprint density at radius 1 is 1.21 bits per heavy atom. The number of rotatable bonds is 6. The van der Waals surface area contributed by atoms with Gasteiger partial charge in [0, 0.05) is 24.5 Å². The summed E-state index contributed by atoms with van der Waals surface area (Å²) in [5.41, 5.74) is 9.38. The van der Waals surface area contributed by atoms with Crippen molar-refractivity contribution in [2.75, 3.05) is 37.2 Å². The Bertz CT molecular complexity index is 384. The maximum atomic E-state index is 5.99. The Morgan fingerprint density at radius 2 is 2.00 bits per heavy atom. The molecule has 1 saturated heterocycles. The van der Waals surface area contributed by atoms with Crippen molar-refractivity contribution in [1.82, 2.24) is 4.90 Å². The first kappa shape index (κ1) is 14.2. The predicted molar refractivity (Wildman–Crippen MR) is 83.6 cm³/mol. The zero-order valence-corrected chi connectivity index (χ0v) is 12.1. The van der Waals surface area contributed by atoms with E-state index >= 15 is 0 Å². The summed E-state index contributed by atoms with van der Waals surface area (Å²) < 4.78 is 0. The van der Waals surface area contributed by atoms with Crippen LogP contribution >= 0.6 is 0 Å². The van der Waals surface area contributed by atoms with Crippen LogP contribution in [0.15, 0.2) is 18.2 Å². The fraction of sp³-hybridized carbons (Fsp3) is 0.625. The summed E-state index contributed by atoms with van der Waals surface area (Å²) in [6.45, 7) is 6.90. The van der Waals surface area contributed by atoms with E-state index < -0.39 is 0 Å². The normalized spacial score (nSPS) is 16.5. The summed E-state index contributed by atoms with van der Waals surface area (Å²) in [6, 6.07) is 6.31. The van der Waals surface area contributed by atoms with Gasteiger partial charge >= 0.3 is 0 Å². The molecule has 1 aromatic carbocycles. The molecule has 19 heavy (non-hydrogen) atoms. The molecule has 1 aliphatic heterocycles. The van der Waals surface area contributed by atoms with Gasteiger partial charge in [0.2, 0.25) is 0 Å². The van der Waals surface area contributed by atoms with E-state index in [9.17, 15) is 0 Å². The van der Waals surface area contributed by atoms with E-state index in [1.165, 1.54) is 43.6 Å². The molecule has 0 saturated carbocycles. The third-order valence-corrected chi connectivity index (χ3v) is 3.87. The molecular weight excluding hydrogens is 234 g/mol. The molecule has 1 aliphatic rings. The van der Waals surface area contributed by atoms with Crippen molar-refractivity contribution in [2.24, 2.45) is 0 Å².